The van der Waals surface area contributed by atoms with E-state index >= 15 is 0 Å². The summed E-state index contributed by atoms with van der Waals surface area (Å²) < 4.78 is 2.01. The molecule has 7 heteroatoms. The van der Waals surface area contributed by atoms with Crippen LogP contribution >= 0.6 is 0 Å². The van der Waals surface area contributed by atoms with Gasteiger partial charge in [-0.05, 0) is 38.4 Å². The molecule has 1 saturated heterocycles. The van der Waals surface area contributed by atoms with Crippen molar-refractivity contribution in [2.24, 2.45) is 12.0 Å². The smallest absolute Gasteiger partial charge is 0.194 e. The van der Waals surface area contributed by atoms with E-state index < -0.39 is 0 Å². The van der Waals surface area contributed by atoms with Gasteiger partial charge in [-0.2, -0.15) is 0 Å². The van der Waals surface area contributed by atoms with Crippen molar-refractivity contribution in [2.75, 3.05) is 26.7 Å². The lowest BCUT2D eigenvalue weighted by Crippen LogP contribution is -2.46. The van der Waals surface area contributed by atoms with E-state index in [1.54, 1.807) is 0 Å². The monoisotopic (exact) mass is 383 g/mol. The molecule has 2 heterocycles. The van der Waals surface area contributed by atoms with Crippen molar-refractivity contribution in [3.8, 4) is 0 Å². The zero-order chi connectivity index (χ0) is 19.9. The van der Waals surface area contributed by atoms with Crippen LogP contribution in [0.1, 0.15) is 37.0 Å². The zero-order valence-corrected chi connectivity index (χ0v) is 17.6. The Hall–Kier alpha value is -2.41. The Labute approximate surface area is 168 Å². The molecule has 1 fully saturated rings. The summed E-state index contributed by atoms with van der Waals surface area (Å²) in [5.41, 5.74) is 1.21. The van der Waals surface area contributed by atoms with Gasteiger partial charge in [0.25, 0.3) is 0 Å². The number of aryl methyl sites for hydroxylation is 1. The molecular formula is C21H33N7. The number of nitrogens with one attached hydrogen (secondary N) is 1. The second kappa shape index (κ2) is 9.68. The van der Waals surface area contributed by atoms with Crippen molar-refractivity contribution in [1.82, 2.24) is 29.9 Å². The Morgan fingerprint density at radius 1 is 1.29 bits per heavy atom. The Morgan fingerprint density at radius 3 is 2.75 bits per heavy atom. The van der Waals surface area contributed by atoms with Crippen LogP contribution in [0.3, 0.4) is 0 Å². The van der Waals surface area contributed by atoms with Gasteiger partial charge in [0.05, 0.1) is 13.1 Å². The van der Waals surface area contributed by atoms with E-state index in [4.69, 9.17) is 4.99 Å². The number of hydrogen-bond acceptors (Lipinski definition) is 4. The SMILES string of the molecule is CCN1CCCC1CN(C)C(=NCc1ccccc1)NCc1nnc(C)n1C. The predicted octanol–water partition coefficient (Wildman–Crippen LogP) is 2.19. The molecule has 0 saturated carbocycles. The molecule has 0 aliphatic carbocycles. The van der Waals surface area contributed by atoms with E-state index in [0.29, 0.717) is 19.1 Å². The number of aromatic nitrogens is 3. The normalized spacial score (nSPS) is 17.9. The molecule has 7 nitrogen and oxygen atoms in total. The second-order valence-electron chi connectivity index (χ2n) is 7.51. The fraction of sp³-hybridized carbons (Fsp3) is 0.571. The summed E-state index contributed by atoms with van der Waals surface area (Å²) in [4.78, 5) is 9.72. The molecule has 1 atom stereocenters. The van der Waals surface area contributed by atoms with Crippen LogP contribution in [0.25, 0.3) is 0 Å². The summed E-state index contributed by atoms with van der Waals surface area (Å²) in [5, 5.41) is 11.9. The van der Waals surface area contributed by atoms with Gasteiger partial charge in [0, 0.05) is 26.7 Å². The van der Waals surface area contributed by atoms with Crippen LogP contribution < -0.4 is 5.32 Å². The summed E-state index contributed by atoms with van der Waals surface area (Å²) in [6.07, 6.45) is 2.54. The lowest BCUT2D eigenvalue weighted by atomic mass is 10.2. The Kier molecular flexibility index (Phi) is 7.03. The lowest BCUT2D eigenvalue weighted by Gasteiger charge is -2.30. The molecule has 1 aromatic carbocycles. The van der Waals surface area contributed by atoms with Gasteiger partial charge in [-0.15, -0.1) is 10.2 Å². The number of likely N-dealkylation sites (tertiary alicyclic amines) is 1. The van der Waals surface area contributed by atoms with Gasteiger partial charge in [0.1, 0.15) is 5.82 Å². The lowest BCUT2D eigenvalue weighted by molar-refractivity contribution is 0.232. The van der Waals surface area contributed by atoms with Gasteiger partial charge < -0.3 is 14.8 Å². The van der Waals surface area contributed by atoms with Crippen LogP contribution in [-0.4, -0.2) is 63.2 Å². The van der Waals surface area contributed by atoms with Gasteiger partial charge in [-0.25, -0.2) is 4.99 Å². The van der Waals surface area contributed by atoms with Crippen LogP contribution in [0.15, 0.2) is 35.3 Å². The first-order chi connectivity index (χ1) is 13.6. The van der Waals surface area contributed by atoms with Crippen LogP contribution in [0.2, 0.25) is 0 Å². The molecule has 0 radical (unpaired) electrons. The highest BCUT2D eigenvalue weighted by molar-refractivity contribution is 5.79. The molecule has 0 amide bonds. The summed E-state index contributed by atoms with van der Waals surface area (Å²) >= 11 is 0. The highest BCUT2D eigenvalue weighted by Crippen LogP contribution is 2.17. The van der Waals surface area contributed by atoms with E-state index in [0.717, 1.165) is 30.7 Å². The summed E-state index contributed by atoms with van der Waals surface area (Å²) in [6, 6.07) is 11.0. The molecule has 1 aromatic heterocycles. The average molecular weight is 384 g/mol. The Balaban J connectivity index is 1.70. The number of likely N-dealkylation sites (N-methyl/N-ethyl adjacent to an activating group) is 2. The molecule has 0 spiro atoms. The number of nitrogens with zero attached hydrogens (tertiary/aromatic N) is 6. The minimum atomic E-state index is 0.593. The van der Waals surface area contributed by atoms with E-state index in [1.165, 1.54) is 24.9 Å². The fourth-order valence-electron chi connectivity index (χ4n) is 3.75. The minimum Gasteiger partial charge on any atom is -0.349 e. The van der Waals surface area contributed by atoms with Crippen molar-refractivity contribution in [1.29, 1.82) is 0 Å². The third-order valence-electron chi connectivity index (χ3n) is 5.59. The molecule has 0 bridgehead atoms. The second-order valence-corrected chi connectivity index (χ2v) is 7.51. The fourth-order valence-corrected chi connectivity index (χ4v) is 3.75. The third kappa shape index (κ3) is 5.10. The van der Waals surface area contributed by atoms with Gasteiger partial charge in [-0.1, -0.05) is 37.3 Å². The molecule has 2 aromatic rings. The van der Waals surface area contributed by atoms with Crippen molar-refractivity contribution in [2.45, 2.75) is 45.8 Å². The minimum absolute atomic E-state index is 0.593. The van der Waals surface area contributed by atoms with Crippen LogP contribution in [0.5, 0.6) is 0 Å². The van der Waals surface area contributed by atoms with Gasteiger partial charge in [0.15, 0.2) is 11.8 Å². The van der Waals surface area contributed by atoms with Crippen LogP contribution in [-0.2, 0) is 20.1 Å². The van der Waals surface area contributed by atoms with Gasteiger partial charge in [-0.3, -0.25) is 4.90 Å². The molecule has 1 unspecified atom stereocenters. The molecule has 1 aliphatic rings. The highest BCUT2D eigenvalue weighted by Gasteiger charge is 2.25. The van der Waals surface area contributed by atoms with E-state index in [1.807, 2.05) is 24.6 Å². The maximum absolute atomic E-state index is 4.89. The third-order valence-corrected chi connectivity index (χ3v) is 5.59. The summed E-state index contributed by atoms with van der Waals surface area (Å²) in [6.45, 7) is 8.78. The first-order valence-corrected chi connectivity index (χ1v) is 10.2. The standard InChI is InChI=1S/C21H33N7/c1-5-28-13-9-12-19(28)16-26(3)21(22-14-18-10-7-6-8-11-18)23-15-20-25-24-17(2)27(20)4/h6-8,10-11,19H,5,9,12-16H2,1-4H3,(H,22,23). The van der Waals surface area contributed by atoms with Crippen molar-refractivity contribution in [3.63, 3.8) is 0 Å². The molecule has 1 aliphatic heterocycles. The van der Waals surface area contributed by atoms with Gasteiger partial charge >= 0.3 is 0 Å². The van der Waals surface area contributed by atoms with Gasteiger partial charge in [0.2, 0.25) is 0 Å². The first-order valence-electron chi connectivity index (χ1n) is 10.2. The average Bonchev–Trinajstić information content (AvgIpc) is 3.29. The zero-order valence-electron chi connectivity index (χ0n) is 17.6. The quantitative estimate of drug-likeness (QED) is 0.587. The topological polar surface area (TPSA) is 61.6 Å². The molecule has 28 heavy (non-hydrogen) atoms. The maximum Gasteiger partial charge on any atom is 0.194 e. The largest absolute Gasteiger partial charge is 0.349 e. The number of guanidine groups is 1. The van der Waals surface area contributed by atoms with Crippen molar-refractivity contribution < 1.29 is 0 Å². The highest BCUT2D eigenvalue weighted by atomic mass is 15.3. The Morgan fingerprint density at radius 2 is 2.07 bits per heavy atom. The number of hydrogen-bond donors (Lipinski definition) is 1. The molecule has 152 valence electrons. The van der Waals surface area contributed by atoms with Crippen LogP contribution in [0, 0.1) is 6.92 Å². The number of benzene rings is 1. The van der Waals surface area contributed by atoms with Crippen molar-refractivity contribution >= 4 is 5.96 Å². The first kappa shape index (κ1) is 20.3. The summed E-state index contributed by atoms with van der Waals surface area (Å²) in [5.74, 6) is 2.74. The van der Waals surface area contributed by atoms with E-state index in [2.05, 4.69) is 63.6 Å². The maximum atomic E-state index is 4.89. The molecule has 1 N–H and O–H groups in total. The summed E-state index contributed by atoms with van der Waals surface area (Å²) in [7, 11) is 4.12. The van der Waals surface area contributed by atoms with E-state index in [9.17, 15) is 0 Å². The number of aliphatic imine (C=N–C) groups is 1. The predicted molar refractivity (Wildman–Crippen MR) is 113 cm³/mol. The van der Waals surface area contributed by atoms with Crippen molar-refractivity contribution in [3.05, 3.63) is 47.5 Å². The number of rotatable bonds is 7. The Bertz CT molecular complexity index is 768. The molecule has 3 rings (SSSR count). The van der Waals surface area contributed by atoms with Crippen LogP contribution in [0.4, 0.5) is 0 Å². The van der Waals surface area contributed by atoms with E-state index in [-0.39, 0.29) is 0 Å². The molecular weight excluding hydrogens is 350 g/mol.